The van der Waals surface area contributed by atoms with Crippen molar-refractivity contribution in [3.63, 3.8) is 0 Å². The van der Waals surface area contributed by atoms with E-state index in [2.05, 4.69) is 15.2 Å². The van der Waals surface area contributed by atoms with Crippen LogP contribution >= 0.6 is 0 Å². The number of aromatic nitrogens is 4. The van der Waals surface area contributed by atoms with E-state index in [0.29, 0.717) is 11.5 Å². The smallest absolute Gasteiger partial charge is 0.353 e. The molecule has 0 aliphatic carbocycles. The fourth-order valence-corrected chi connectivity index (χ4v) is 1.15. The van der Waals surface area contributed by atoms with Gasteiger partial charge in [-0.2, -0.15) is 4.63 Å². The van der Waals surface area contributed by atoms with Gasteiger partial charge >= 0.3 is 5.97 Å². The van der Waals surface area contributed by atoms with Crippen LogP contribution in [0.1, 0.15) is 36.1 Å². The molecular weight excluding hydrogens is 184 g/mol. The Morgan fingerprint density at radius 1 is 1.64 bits per heavy atom. The minimum atomic E-state index is -1.01. The molecule has 0 aliphatic rings. The zero-order chi connectivity index (χ0) is 10.3. The highest BCUT2D eigenvalue weighted by molar-refractivity contribution is 5.86. The molecule has 2 heterocycles. The van der Waals surface area contributed by atoms with Crippen molar-refractivity contribution in [2.75, 3.05) is 0 Å². The molecule has 0 bridgehead atoms. The van der Waals surface area contributed by atoms with Gasteiger partial charge in [0.2, 0.25) is 0 Å². The molecule has 2 aromatic heterocycles. The molecule has 6 heteroatoms. The monoisotopic (exact) mass is 194 g/mol. The minimum absolute atomic E-state index is 0.0929. The van der Waals surface area contributed by atoms with Gasteiger partial charge in [-0.15, -0.1) is 5.10 Å². The number of carbonyl (C=O) groups is 1. The normalized spacial score (nSPS) is 11.4. The molecule has 6 nitrogen and oxygen atoms in total. The van der Waals surface area contributed by atoms with Crippen molar-refractivity contribution in [2.45, 2.75) is 19.8 Å². The summed E-state index contributed by atoms with van der Waals surface area (Å²) in [5, 5.41) is 15.4. The maximum Gasteiger partial charge on any atom is 0.353 e. The molecule has 14 heavy (non-hydrogen) atoms. The molecule has 2 rings (SSSR count). The molecule has 2 N–H and O–H groups in total. The Bertz CT molecular complexity index is 451. The Labute approximate surface area is 79.6 Å². The van der Waals surface area contributed by atoms with E-state index in [4.69, 9.17) is 5.11 Å². The van der Waals surface area contributed by atoms with Crippen LogP contribution in [0, 0.1) is 0 Å². The number of hydrogen-bond acceptors (Lipinski definition) is 3. The van der Waals surface area contributed by atoms with Crippen LogP contribution in [0.15, 0.2) is 6.07 Å². The van der Waals surface area contributed by atoms with Gasteiger partial charge in [0.05, 0.1) is 0 Å². The number of carboxylic acids is 1. The minimum Gasteiger partial charge on any atom is -0.477 e. The molecule has 0 aliphatic heterocycles. The standard InChI is InChI=1S/C8H10N4O2/c1-4(2)7-9-6-3-5(8(13)14)10-12(6)11-7/h3-4,10H,1-2H3,(H,13,14). The Morgan fingerprint density at radius 2 is 2.36 bits per heavy atom. The maximum atomic E-state index is 10.6. The lowest BCUT2D eigenvalue weighted by atomic mass is 10.2. The van der Waals surface area contributed by atoms with E-state index in [0.717, 1.165) is 0 Å². The lowest BCUT2D eigenvalue weighted by Gasteiger charge is -1.93. The van der Waals surface area contributed by atoms with Crippen LogP contribution in [-0.4, -0.2) is 30.9 Å². The van der Waals surface area contributed by atoms with Gasteiger partial charge in [-0.1, -0.05) is 13.8 Å². The lowest BCUT2D eigenvalue weighted by Crippen LogP contribution is -1.99. The van der Waals surface area contributed by atoms with Crippen LogP contribution in [0.5, 0.6) is 0 Å². The number of fused-ring (bicyclic) bond motifs is 1. The molecule has 0 amide bonds. The number of aromatic amines is 1. The summed E-state index contributed by atoms with van der Waals surface area (Å²) in [6.07, 6.45) is 0. The number of carboxylic acid groups (broad SMARTS) is 1. The van der Waals surface area contributed by atoms with E-state index in [-0.39, 0.29) is 11.6 Å². The summed E-state index contributed by atoms with van der Waals surface area (Å²) in [4.78, 5) is 14.8. The van der Waals surface area contributed by atoms with Gasteiger partial charge in [0.1, 0.15) is 5.69 Å². The Kier molecular flexibility index (Phi) is 1.77. The summed E-state index contributed by atoms with van der Waals surface area (Å²) < 4.78 is 1.37. The van der Waals surface area contributed by atoms with E-state index in [1.54, 1.807) is 0 Å². The summed E-state index contributed by atoms with van der Waals surface area (Å²) >= 11 is 0. The zero-order valence-corrected chi connectivity index (χ0v) is 7.85. The molecule has 0 radical (unpaired) electrons. The first-order valence-corrected chi connectivity index (χ1v) is 4.27. The van der Waals surface area contributed by atoms with Crippen LogP contribution in [0.4, 0.5) is 0 Å². The van der Waals surface area contributed by atoms with Crippen molar-refractivity contribution < 1.29 is 9.90 Å². The average Bonchev–Trinajstić information content (AvgIpc) is 2.57. The summed E-state index contributed by atoms with van der Waals surface area (Å²) in [5.74, 6) is -0.0758. The molecule has 0 aromatic carbocycles. The van der Waals surface area contributed by atoms with Gasteiger partial charge in [-0.25, -0.2) is 9.78 Å². The van der Waals surface area contributed by atoms with Crippen LogP contribution < -0.4 is 0 Å². The Balaban J connectivity index is 2.50. The maximum absolute atomic E-state index is 10.6. The highest BCUT2D eigenvalue weighted by Gasteiger charge is 2.12. The van der Waals surface area contributed by atoms with Crippen molar-refractivity contribution in [3.05, 3.63) is 17.6 Å². The number of H-pyrrole nitrogens is 1. The van der Waals surface area contributed by atoms with Crippen LogP contribution in [0.2, 0.25) is 0 Å². The Morgan fingerprint density at radius 3 is 2.86 bits per heavy atom. The third-order valence-corrected chi connectivity index (χ3v) is 1.90. The van der Waals surface area contributed by atoms with Gasteiger partial charge in [0.25, 0.3) is 0 Å². The highest BCUT2D eigenvalue weighted by atomic mass is 16.4. The van der Waals surface area contributed by atoms with Crippen molar-refractivity contribution in [1.29, 1.82) is 0 Å². The van der Waals surface area contributed by atoms with Gasteiger partial charge in [0, 0.05) is 12.0 Å². The van der Waals surface area contributed by atoms with Gasteiger partial charge in [0.15, 0.2) is 11.5 Å². The van der Waals surface area contributed by atoms with E-state index >= 15 is 0 Å². The lowest BCUT2D eigenvalue weighted by molar-refractivity contribution is 0.0690. The first-order chi connectivity index (χ1) is 6.58. The fourth-order valence-electron chi connectivity index (χ4n) is 1.15. The number of nitrogens with zero attached hydrogens (tertiary/aromatic N) is 3. The summed E-state index contributed by atoms with van der Waals surface area (Å²) in [6, 6.07) is 1.46. The SMILES string of the molecule is CC(C)c1nc2cc(C(=O)O)[nH]n2n1. The summed E-state index contributed by atoms with van der Waals surface area (Å²) in [5.41, 5.74) is 0.626. The Hall–Kier alpha value is -1.85. The molecule has 0 spiro atoms. The second kappa shape index (κ2) is 2.83. The van der Waals surface area contributed by atoms with E-state index < -0.39 is 5.97 Å². The van der Waals surface area contributed by atoms with Crippen molar-refractivity contribution in [1.82, 2.24) is 19.8 Å². The fraction of sp³-hybridized carbons (Fsp3) is 0.375. The zero-order valence-electron chi connectivity index (χ0n) is 7.85. The molecule has 0 saturated carbocycles. The van der Waals surface area contributed by atoms with Crippen molar-refractivity contribution in [2.24, 2.45) is 0 Å². The van der Waals surface area contributed by atoms with Crippen LogP contribution in [-0.2, 0) is 0 Å². The summed E-state index contributed by atoms with van der Waals surface area (Å²) in [7, 11) is 0. The number of aromatic carboxylic acids is 1. The second-order valence-electron chi connectivity index (χ2n) is 3.37. The molecular formula is C8H10N4O2. The summed E-state index contributed by atoms with van der Waals surface area (Å²) in [6.45, 7) is 3.96. The molecule has 0 fully saturated rings. The van der Waals surface area contributed by atoms with E-state index in [1.165, 1.54) is 10.7 Å². The molecule has 2 aromatic rings. The number of rotatable bonds is 2. The molecule has 0 unspecified atom stereocenters. The van der Waals surface area contributed by atoms with Crippen LogP contribution in [0.3, 0.4) is 0 Å². The average molecular weight is 194 g/mol. The first-order valence-electron chi connectivity index (χ1n) is 4.27. The quantitative estimate of drug-likeness (QED) is 0.743. The first kappa shape index (κ1) is 8.74. The number of hydrogen-bond donors (Lipinski definition) is 2. The molecule has 74 valence electrons. The third kappa shape index (κ3) is 1.24. The third-order valence-electron chi connectivity index (χ3n) is 1.90. The van der Waals surface area contributed by atoms with Gasteiger partial charge in [-0.05, 0) is 0 Å². The second-order valence-corrected chi connectivity index (χ2v) is 3.37. The largest absolute Gasteiger partial charge is 0.477 e. The van der Waals surface area contributed by atoms with E-state index in [1.807, 2.05) is 13.8 Å². The van der Waals surface area contributed by atoms with Crippen LogP contribution in [0.25, 0.3) is 5.65 Å². The predicted molar refractivity (Wildman–Crippen MR) is 48.4 cm³/mol. The number of nitrogens with one attached hydrogen (secondary N) is 1. The predicted octanol–water partition coefficient (Wildman–Crippen LogP) is 0.879. The van der Waals surface area contributed by atoms with Crippen molar-refractivity contribution >= 4 is 11.6 Å². The molecule has 0 saturated heterocycles. The molecule has 0 atom stereocenters. The van der Waals surface area contributed by atoms with Crippen molar-refractivity contribution in [3.8, 4) is 0 Å². The topological polar surface area (TPSA) is 83.3 Å². The van der Waals surface area contributed by atoms with Gasteiger partial charge in [-0.3, -0.25) is 5.10 Å². The van der Waals surface area contributed by atoms with E-state index in [9.17, 15) is 4.79 Å². The van der Waals surface area contributed by atoms with Gasteiger partial charge < -0.3 is 5.11 Å². The highest BCUT2D eigenvalue weighted by Crippen LogP contribution is 2.11.